The van der Waals surface area contributed by atoms with Gasteiger partial charge in [-0.2, -0.15) is 0 Å². The smallest absolute Gasteiger partial charge is 0.0458 e. The Hall–Kier alpha value is -0.400. The van der Waals surface area contributed by atoms with Crippen molar-refractivity contribution < 1.29 is 0 Å². The van der Waals surface area contributed by atoms with Gasteiger partial charge in [-0.15, -0.1) is 11.6 Å². The highest BCUT2D eigenvalue weighted by atomic mass is 35.5. The van der Waals surface area contributed by atoms with Gasteiger partial charge in [0, 0.05) is 23.1 Å². The first-order valence-corrected chi connectivity index (χ1v) is 6.33. The second kappa shape index (κ2) is 5.09. The number of hydrogen-bond donors (Lipinski definition) is 1. The number of aryl methyl sites for hydroxylation is 1. The van der Waals surface area contributed by atoms with Crippen LogP contribution in [0, 0.1) is 0 Å². The van der Waals surface area contributed by atoms with Crippen LogP contribution in [0.4, 0.5) is 5.69 Å². The number of halogens is 2. The minimum atomic E-state index is 0.740. The summed E-state index contributed by atoms with van der Waals surface area (Å²) in [6, 6.07) is 4.30. The molecule has 1 heterocycles. The van der Waals surface area contributed by atoms with Gasteiger partial charge >= 0.3 is 0 Å². The van der Waals surface area contributed by atoms with E-state index in [0.717, 1.165) is 43.1 Å². The molecule has 0 aromatic heterocycles. The molecular formula is C12H15Cl2N. The number of fused-ring (bicyclic) bond motifs is 1. The molecule has 2 rings (SSSR count). The molecular weight excluding hydrogens is 229 g/mol. The first-order valence-electron chi connectivity index (χ1n) is 5.42. The number of unbranched alkanes of at least 4 members (excludes halogenated alkanes) is 1. The SMILES string of the molecule is ClCCCCc1cc2c(cc1Cl)NCC2. The first kappa shape index (κ1) is 11.1. The standard InChI is InChI=1S/C12H15Cl2N/c13-5-2-1-3-9-7-10-4-6-15-12(10)8-11(9)14/h7-8,15H,1-6H2. The molecule has 0 unspecified atom stereocenters. The first-order chi connectivity index (χ1) is 7.31. The molecule has 1 nitrogen and oxygen atoms in total. The van der Waals surface area contributed by atoms with Gasteiger partial charge in [-0.1, -0.05) is 17.7 Å². The largest absolute Gasteiger partial charge is 0.384 e. The van der Waals surface area contributed by atoms with Gasteiger partial charge in [-0.05, 0) is 42.9 Å². The Bertz CT molecular complexity index is 350. The summed E-state index contributed by atoms with van der Waals surface area (Å²) in [4.78, 5) is 0. The molecule has 1 aromatic carbocycles. The Kier molecular flexibility index (Phi) is 3.76. The predicted molar refractivity (Wildman–Crippen MR) is 67.3 cm³/mol. The summed E-state index contributed by atoms with van der Waals surface area (Å²) in [5.74, 6) is 0.740. The van der Waals surface area contributed by atoms with Gasteiger partial charge in [-0.25, -0.2) is 0 Å². The third kappa shape index (κ3) is 2.59. The zero-order valence-electron chi connectivity index (χ0n) is 8.65. The molecule has 0 fully saturated rings. The Morgan fingerprint density at radius 1 is 1.27 bits per heavy atom. The number of rotatable bonds is 4. The van der Waals surface area contributed by atoms with Crippen molar-refractivity contribution >= 4 is 28.9 Å². The summed E-state index contributed by atoms with van der Waals surface area (Å²) in [6.07, 6.45) is 4.34. The van der Waals surface area contributed by atoms with E-state index in [2.05, 4.69) is 17.4 Å². The van der Waals surface area contributed by atoms with Gasteiger partial charge in [-0.3, -0.25) is 0 Å². The summed E-state index contributed by atoms with van der Waals surface area (Å²) < 4.78 is 0. The summed E-state index contributed by atoms with van der Waals surface area (Å²) in [5, 5.41) is 4.22. The van der Waals surface area contributed by atoms with Crippen molar-refractivity contribution in [1.29, 1.82) is 0 Å². The maximum atomic E-state index is 6.21. The minimum Gasteiger partial charge on any atom is -0.384 e. The van der Waals surface area contributed by atoms with E-state index in [-0.39, 0.29) is 0 Å². The quantitative estimate of drug-likeness (QED) is 0.626. The van der Waals surface area contributed by atoms with E-state index in [9.17, 15) is 0 Å². The molecule has 0 amide bonds. The summed E-state index contributed by atoms with van der Waals surface area (Å²) in [7, 11) is 0. The van der Waals surface area contributed by atoms with Gasteiger partial charge in [0.25, 0.3) is 0 Å². The molecule has 0 spiro atoms. The molecule has 0 saturated carbocycles. The van der Waals surface area contributed by atoms with Crippen LogP contribution in [0.25, 0.3) is 0 Å². The maximum absolute atomic E-state index is 6.21. The highest BCUT2D eigenvalue weighted by molar-refractivity contribution is 6.31. The maximum Gasteiger partial charge on any atom is 0.0458 e. The van der Waals surface area contributed by atoms with Gasteiger partial charge < -0.3 is 5.32 Å². The minimum absolute atomic E-state index is 0.740. The lowest BCUT2D eigenvalue weighted by molar-refractivity contribution is 0.799. The fourth-order valence-corrected chi connectivity index (χ4v) is 2.42. The van der Waals surface area contributed by atoms with Crippen LogP contribution < -0.4 is 5.32 Å². The molecule has 0 aliphatic carbocycles. The number of alkyl halides is 1. The third-order valence-corrected chi connectivity index (χ3v) is 3.43. The lowest BCUT2D eigenvalue weighted by Crippen LogP contribution is -1.92. The Morgan fingerprint density at radius 2 is 2.13 bits per heavy atom. The average molecular weight is 244 g/mol. The Labute approximate surface area is 101 Å². The van der Waals surface area contributed by atoms with Crippen molar-refractivity contribution in [2.45, 2.75) is 25.7 Å². The van der Waals surface area contributed by atoms with Crippen molar-refractivity contribution in [3.63, 3.8) is 0 Å². The number of anilines is 1. The zero-order chi connectivity index (χ0) is 10.7. The van der Waals surface area contributed by atoms with Gasteiger partial charge in [0.15, 0.2) is 0 Å². The Balaban J connectivity index is 2.10. The van der Waals surface area contributed by atoms with Crippen LogP contribution >= 0.6 is 23.2 Å². The molecule has 1 aromatic rings. The van der Waals surface area contributed by atoms with E-state index < -0.39 is 0 Å². The molecule has 15 heavy (non-hydrogen) atoms. The number of hydrogen-bond acceptors (Lipinski definition) is 1. The van der Waals surface area contributed by atoms with Crippen LogP contribution in [-0.4, -0.2) is 12.4 Å². The molecule has 0 radical (unpaired) electrons. The van der Waals surface area contributed by atoms with Crippen LogP contribution in [0.15, 0.2) is 12.1 Å². The number of benzene rings is 1. The Morgan fingerprint density at radius 3 is 2.93 bits per heavy atom. The second-order valence-electron chi connectivity index (χ2n) is 3.92. The van der Waals surface area contributed by atoms with E-state index >= 15 is 0 Å². The van der Waals surface area contributed by atoms with Crippen LogP contribution in [0.2, 0.25) is 5.02 Å². The lowest BCUT2D eigenvalue weighted by Gasteiger charge is -2.07. The summed E-state index contributed by atoms with van der Waals surface area (Å²) in [5.41, 5.74) is 3.88. The van der Waals surface area contributed by atoms with Crippen molar-refractivity contribution in [2.24, 2.45) is 0 Å². The van der Waals surface area contributed by atoms with E-state index in [1.807, 2.05) is 0 Å². The van der Waals surface area contributed by atoms with Crippen LogP contribution in [0.5, 0.6) is 0 Å². The van der Waals surface area contributed by atoms with Gasteiger partial charge in [0.05, 0.1) is 0 Å². The highest BCUT2D eigenvalue weighted by Gasteiger charge is 2.12. The van der Waals surface area contributed by atoms with E-state index in [4.69, 9.17) is 23.2 Å². The van der Waals surface area contributed by atoms with E-state index in [1.165, 1.54) is 16.8 Å². The molecule has 3 heteroatoms. The highest BCUT2D eigenvalue weighted by Crippen LogP contribution is 2.29. The molecule has 1 aliphatic rings. The fourth-order valence-electron chi connectivity index (χ4n) is 1.97. The second-order valence-corrected chi connectivity index (χ2v) is 4.71. The zero-order valence-corrected chi connectivity index (χ0v) is 10.2. The molecule has 0 bridgehead atoms. The molecule has 82 valence electrons. The van der Waals surface area contributed by atoms with Crippen LogP contribution in [-0.2, 0) is 12.8 Å². The number of nitrogens with one attached hydrogen (secondary N) is 1. The van der Waals surface area contributed by atoms with E-state index in [1.54, 1.807) is 0 Å². The van der Waals surface area contributed by atoms with Crippen molar-refractivity contribution in [3.8, 4) is 0 Å². The van der Waals surface area contributed by atoms with Crippen LogP contribution in [0.3, 0.4) is 0 Å². The summed E-state index contributed by atoms with van der Waals surface area (Å²) in [6.45, 7) is 1.04. The third-order valence-electron chi connectivity index (χ3n) is 2.81. The predicted octanol–water partition coefficient (Wildman–Crippen LogP) is 3.87. The monoisotopic (exact) mass is 243 g/mol. The molecule has 1 N–H and O–H groups in total. The van der Waals surface area contributed by atoms with E-state index in [0.29, 0.717) is 0 Å². The topological polar surface area (TPSA) is 12.0 Å². The molecule has 0 atom stereocenters. The normalized spacial score (nSPS) is 13.7. The summed E-state index contributed by atoms with van der Waals surface area (Å²) >= 11 is 11.9. The van der Waals surface area contributed by atoms with Crippen molar-refractivity contribution in [2.75, 3.05) is 17.7 Å². The average Bonchev–Trinajstić information content (AvgIpc) is 2.65. The fraction of sp³-hybridized carbons (Fsp3) is 0.500. The van der Waals surface area contributed by atoms with Crippen molar-refractivity contribution in [1.82, 2.24) is 0 Å². The van der Waals surface area contributed by atoms with Gasteiger partial charge in [0.2, 0.25) is 0 Å². The molecule has 0 saturated heterocycles. The van der Waals surface area contributed by atoms with Crippen LogP contribution in [0.1, 0.15) is 24.0 Å². The lowest BCUT2D eigenvalue weighted by atomic mass is 10.0. The van der Waals surface area contributed by atoms with Gasteiger partial charge in [0.1, 0.15) is 0 Å². The molecule has 1 aliphatic heterocycles. The van der Waals surface area contributed by atoms with Crippen molar-refractivity contribution in [3.05, 3.63) is 28.3 Å².